The standard InChI is InChI=1S/C17H26N2O4/c1-4-21-14-7-6-13(10-15(14)22-5-2)12(3)19-17(20)16-11-18-8-9-23-16/h6-7,10,12,16,18H,4-5,8-9,11H2,1-3H3,(H,19,20). The molecule has 0 bridgehead atoms. The Morgan fingerprint density at radius 1 is 1.35 bits per heavy atom. The second-order valence-electron chi connectivity index (χ2n) is 5.37. The number of rotatable bonds is 7. The van der Waals surface area contributed by atoms with E-state index in [1.54, 1.807) is 0 Å². The van der Waals surface area contributed by atoms with E-state index in [1.807, 2.05) is 39.0 Å². The molecule has 2 rings (SSSR count). The highest BCUT2D eigenvalue weighted by Crippen LogP contribution is 2.30. The van der Waals surface area contributed by atoms with Crippen LogP contribution in [0.5, 0.6) is 11.5 Å². The topological polar surface area (TPSA) is 68.8 Å². The number of benzene rings is 1. The molecule has 2 N–H and O–H groups in total. The molecule has 6 nitrogen and oxygen atoms in total. The van der Waals surface area contributed by atoms with E-state index in [0.717, 1.165) is 17.9 Å². The number of ether oxygens (including phenoxy) is 3. The first-order valence-corrected chi connectivity index (χ1v) is 8.18. The van der Waals surface area contributed by atoms with E-state index in [9.17, 15) is 4.79 Å². The summed E-state index contributed by atoms with van der Waals surface area (Å²) in [5.41, 5.74) is 0.967. The van der Waals surface area contributed by atoms with Crippen molar-refractivity contribution in [3.63, 3.8) is 0 Å². The minimum absolute atomic E-state index is 0.100. The maximum absolute atomic E-state index is 12.2. The van der Waals surface area contributed by atoms with Crippen molar-refractivity contribution < 1.29 is 19.0 Å². The first-order valence-electron chi connectivity index (χ1n) is 8.18. The minimum atomic E-state index is -0.430. The fraction of sp³-hybridized carbons (Fsp3) is 0.588. The monoisotopic (exact) mass is 322 g/mol. The predicted molar refractivity (Wildman–Crippen MR) is 87.9 cm³/mol. The van der Waals surface area contributed by atoms with Gasteiger partial charge in [-0.15, -0.1) is 0 Å². The van der Waals surface area contributed by atoms with Crippen molar-refractivity contribution in [2.45, 2.75) is 32.9 Å². The average Bonchev–Trinajstić information content (AvgIpc) is 2.57. The Kier molecular flexibility index (Phi) is 6.67. The quantitative estimate of drug-likeness (QED) is 0.799. The fourth-order valence-corrected chi connectivity index (χ4v) is 2.46. The third-order valence-electron chi connectivity index (χ3n) is 3.65. The number of hydrogen-bond acceptors (Lipinski definition) is 5. The summed E-state index contributed by atoms with van der Waals surface area (Å²) in [6, 6.07) is 5.60. The van der Waals surface area contributed by atoms with Crippen molar-refractivity contribution in [1.29, 1.82) is 0 Å². The van der Waals surface area contributed by atoms with Gasteiger partial charge in [-0.3, -0.25) is 4.79 Å². The van der Waals surface area contributed by atoms with E-state index in [0.29, 0.717) is 32.1 Å². The zero-order valence-electron chi connectivity index (χ0n) is 14.1. The van der Waals surface area contributed by atoms with Crippen molar-refractivity contribution in [3.8, 4) is 11.5 Å². The Bertz CT molecular complexity index is 515. The minimum Gasteiger partial charge on any atom is -0.490 e. The summed E-state index contributed by atoms with van der Waals surface area (Å²) in [7, 11) is 0. The van der Waals surface area contributed by atoms with Gasteiger partial charge >= 0.3 is 0 Å². The predicted octanol–water partition coefficient (Wildman–Crippen LogP) is 1.65. The van der Waals surface area contributed by atoms with Gasteiger partial charge in [-0.2, -0.15) is 0 Å². The third kappa shape index (κ3) is 4.84. The highest BCUT2D eigenvalue weighted by molar-refractivity contribution is 5.81. The molecule has 2 unspecified atom stereocenters. The highest BCUT2D eigenvalue weighted by Gasteiger charge is 2.23. The Morgan fingerprint density at radius 3 is 2.74 bits per heavy atom. The molecule has 1 fully saturated rings. The van der Waals surface area contributed by atoms with Crippen LogP contribution in [0.25, 0.3) is 0 Å². The van der Waals surface area contributed by atoms with Crippen LogP contribution in [0, 0.1) is 0 Å². The molecule has 128 valence electrons. The second-order valence-corrected chi connectivity index (χ2v) is 5.37. The van der Waals surface area contributed by atoms with Gasteiger partial charge in [0.2, 0.25) is 0 Å². The molecule has 1 aromatic rings. The van der Waals surface area contributed by atoms with Crippen molar-refractivity contribution in [3.05, 3.63) is 23.8 Å². The van der Waals surface area contributed by atoms with Crippen molar-refractivity contribution in [1.82, 2.24) is 10.6 Å². The van der Waals surface area contributed by atoms with E-state index in [2.05, 4.69) is 10.6 Å². The largest absolute Gasteiger partial charge is 0.490 e. The summed E-state index contributed by atoms with van der Waals surface area (Å²) >= 11 is 0. The van der Waals surface area contributed by atoms with Crippen LogP contribution in [-0.2, 0) is 9.53 Å². The Hall–Kier alpha value is -1.79. The number of morpholine rings is 1. The SMILES string of the molecule is CCOc1ccc(C(C)NC(=O)C2CNCCO2)cc1OCC. The molecule has 0 aliphatic carbocycles. The molecule has 0 aromatic heterocycles. The Morgan fingerprint density at radius 2 is 2.09 bits per heavy atom. The summed E-state index contributed by atoms with van der Waals surface area (Å²) in [4.78, 5) is 12.2. The number of carbonyl (C=O) groups excluding carboxylic acids is 1. The fourth-order valence-electron chi connectivity index (χ4n) is 2.46. The molecule has 1 aromatic carbocycles. The van der Waals surface area contributed by atoms with Crippen molar-refractivity contribution in [2.24, 2.45) is 0 Å². The molecule has 0 saturated carbocycles. The van der Waals surface area contributed by atoms with Crippen molar-refractivity contribution in [2.75, 3.05) is 32.9 Å². The maximum Gasteiger partial charge on any atom is 0.250 e. The lowest BCUT2D eigenvalue weighted by Gasteiger charge is -2.25. The van der Waals surface area contributed by atoms with Crippen LogP contribution in [0.15, 0.2) is 18.2 Å². The summed E-state index contributed by atoms with van der Waals surface area (Å²) in [6.45, 7) is 8.85. The van der Waals surface area contributed by atoms with Crippen LogP contribution in [0.1, 0.15) is 32.4 Å². The smallest absolute Gasteiger partial charge is 0.250 e. The molecule has 0 spiro atoms. The second kappa shape index (κ2) is 8.74. The van der Waals surface area contributed by atoms with Gasteiger partial charge in [-0.25, -0.2) is 0 Å². The zero-order valence-corrected chi connectivity index (χ0v) is 14.1. The van der Waals surface area contributed by atoms with E-state index in [4.69, 9.17) is 14.2 Å². The summed E-state index contributed by atoms with van der Waals surface area (Å²) < 4.78 is 16.7. The molecule has 0 radical (unpaired) electrons. The average molecular weight is 322 g/mol. The molecular weight excluding hydrogens is 296 g/mol. The number of amides is 1. The van der Waals surface area contributed by atoms with Crippen LogP contribution in [0.4, 0.5) is 0 Å². The van der Waals surface area contributed by atoms with E-state index >= 15 is 0 Å². The van der Waals surface area contributed by atoms with Crippen molar-refractivity contribution >= 4 is 5.91 Å². The van der Waals surface area contributed by atoms with Gasteiger partial charge in [0.1, 0.15) is 6.10 Å². The lowest BCUT2D eigenvalue weighted by molar-refractivity contribution is -0.134. The van der Waals surface area contributed by atoms with Gasteiger partial charge in [-0.1, -0.05) is 6.07 Å². The first kappa shape index (κ1) is 17.6. The van der Waals surface area contributed by atoms with Crippen LogP contribution >= 0.6 is 0 Å². The Balaban J connectivity index is 2.04. The van der Waals surface area contributed by atoms with Gasteiger partial charge in [0, 0.05) is 13.1 Å². The molecule has 2 atom stereocenters. The maximum atomic E-state index is 12.2. The molecule has 1 aliphatic rings. The number of carbonyl (C=O) groups is 1. The molecule has 23 heavy (non-hydrogen) atoms. The molecule has 1 heterocycles. The van der Waals surface area contributed by atoms with Gasteiger partial charge in [0.25, 0.3) is 5.91 Å². The third-order valence-corrected chi connectivity index (χ3v) is 3.65. The van der Waals surface area contributed by atoms with E-state index in [-0.39, 0.29) is 11.9 Å². The first-order chi connectivity index (χ1) is 11.2. The molecule has 1 saturated heterocycles. The number of hydrogen-bond donors (Lipinski definition) is 2. The van der Waals surface area contributed by atoms with E-state index < -0.39 is 6.10 Å². The lowest BCUT2D eigenvalue weighted by Crippen LogP contribution is -2.48. The van der Waals surface area contributed by atoms with Crippen LogP contribution in [0.2, 0.25) is 0 Å². The number of nitrogens with one attached hydrogen (secondary N) is 2. The zero-order chi connectivity index (χ0) is 16.7. The van der Waals surface area contributed by atoms with Gasteiger partial charge in [0.15, 0.2) is 11.5 Å². The van der Waals surface area contributed by atoms with Crippen LogP contribution < -0.4 is 20.1 Å². The molecule has 1 aliphatic heterocycles. The summed E-state index contributed by atoms with van der Waals surface area (Å²) in [5.74, 6) is 1.32. The lowest BCUT2D eigenvalue weighted by atomic mass is 10.1. The molecular formula is C17H26N2O4. The molecule has 6 heteroatoms. The van der Waals surface area contributed by atoms with Crippen LogP contribution in [-0.4, -0.2) is 44.9 Å². The normalized spacial score (nSPS) is 19.0. The molecule has 1 amide bonds. The summed E-state index contributed by atoms with van der Waals surface area (Å²) in [6.07, 6.45) is -0.430. The van der Waals surface area contributed by atoms with Gasteiger partial charge < -0.3 is 24.8 Å². The highest BCUT2D eigenvalue weighted by atomic mass is 16.5. The Labute approximate surface area is 137 Å². The summed E-state index contributed by atoms with van der Waals surface area (Å²) in [5, 5.41) is 6.14. The van der Waals surface area contributed by atoms with Crippen LogP contribution in [0.3, 0.4) is 0 Å². The van der Waals surface area contributed by atoms with Gasteiger partial charge in [-0.05, 0) is 38.5 Å². The van der Waals surface area contributed by atoms with Gasteiger partial charge in [0.05, 0.1) is 25.9 Å². The van der Waals surface area contributed by atoms with E-state index in [1.165, 1.54) is 0 Å².